The molecule has 0 amide bonds. The average molecular weight is 302 g/mol. The highest BCUT2D eigenvalue weighted by atomic mass is 35.5. The molecule has 4 rings (SSSR count). The van der Waals surface area contributed by atoms with Gasteiger partial charge in [-0.3, -0.25) is 4.98 Å². The van der Waals surface area contributed by atoms with Crippen LogP contribution >= 0.6 is 22.9 Å². The maximum atomic E-state index is 6.42. The average Bonchev–Trinajstić information content (AvgIpc) is 2.98. The van der Waals surface area contributed by atoms with E-state index in [2.05, 4.69) is 9.97 Å². The smallest absolute Gasteiger partial charge is 0.181 e. The summed E-state index contributed by atoms with van der Waals surface area (Å²) in [6.45, 7) is 2.01. The van der Waals surface area contributed by atoms with E-state index in [1.165, 1.54) is 16.9 Å². The minimum atomic E-state index is 0.564. The zero-order valence-corrected chi connectivity index (χ0v) is 12.6. The van der Waals surface area contributed by atoms with E-state index in [1.54, 1.807) is 17.5 Å². The third kappa shape index (κ3) is 1.75. The summed E-state index contributed by atoms with van der Waals surface area (Å²) in [4.78, 5) is 16.0. The Bertz CT molecular complexity index is 825. The zero-order chi connectivity index (χ0) is 13.7. The number of aryl methyl sites for hydroxylation is 3. The van der Waals surface area contributed by atoms with Crippen LogP contribution in [0.5, 0.6) is 0 Å². The Labute approximate surface area is 125 Å². The predicted octanol–water partition coefficient (Wildman–Crippen LogP) is 4.20. The van der Waals surface area contributed by atoms with Crippen molar-refractivity contribution >= 4 is 33.2 Å². The van der Waals surface area contributed by atoms with Crippen molar-refractivity contribution in [2.45, 2.75) is 26.2 Å². The molecule has 0 aromatic carbocycles. The molecule has 3 aromatic heterocycles. The molecule has 1 aliphatic rings. The van der Waals surface area contributed by atoms with Gasteiger partial charge in [-0.2, -0.15) is 0 Å². The van der Waals surface area contributed by atoms with Crippen molar-refractivity contribution in [1.82, 2.24) is 15.0 Å². The van der Waals surface area contributed by atoms with Crippen molar-refractivity contribution in [1.29, 1.82) is 0 Å². The molecule has 20 heavy (non-hydrogen) atoms. The third-order valence-corrected chi connectivity index (χ3v) is 5.20. The number of rotatable bonds is 1. The molecule has 0 saturated heterocycles. The normalized spacial score (nSPS) is 13.9. The van der Waals surface area contributed by atoms with E-state index in [0.717, 1.165) is 34.3 Å². The highest BCUT2D eigenvalue weighted by molar-refractivity contribution is 7.19. The number of hydrogen-bond donors (Lipinski definition) is 0. The van der Waals surface area contributed by atoms with Gasteiger partial charge in [0.1, 0.15) is 15.7 Å². The predicted molar refractivity (Wildman–Crippen MR) is 82.4 cm³/mol. The van der Waals surface area contributed by atoms with Gasteiger partial charge in [-0.15, -0.1) is 11.3 Å². The number of hydrogen-bond acceptors (Lipinski definition) is 4. The Morgan fingerprint density at radius 3 is 3.00 bits per heavy atom. The Hall–Kier alpha value is -1.52. The lowest BCUT2D eigenvalue weighted by Gasteiger charge is -2.04. The third-order valence-electron chi connectivity index (χ3n) is 3.74. The summed E-state index contributed by atoms with van der Waals surface area (Å²) in [6, 6.07) is 3.93. The van der Waals surface area contributed by atoms with Gasteiger partial charge in [-0.1, -0.05) is 17.7 Å². The molecule has 3 heterocycles. The van der Waals surface area contributed by atoms with Crippen molar-refractivity contribution in [3.8, 4) is 11.5 Å². The van der Waals surface area contributed by atoms with Gasteiger partial charge < -0.3 is 0 Å². The molecular formula is C15H12ClN3S. The van der Waals surface area contributed by atoms with Crippen LogP contribution in [-0.2, 0) is 12.8 Å². The molecule has 0 atom stereocenters. The highest BCUT2D eigenvalue weighted by Crippen LogP contribution is 2.40. The Morgan fingerprint density at radius 1 is 1.25 bits per heavy atom. The summed E-state index contributed by atoms with van der Waals surface area (Å²) in [5.74, 6) is 0.625. The van der Waals surface area contributed by atoms with Crippen LogP contribution in [0.15, 0.2) is 18.3 Å². The lowest BCUT2D eigenvalue weighted by atomic mass is 10.2. The first-order chi connectivity index (χ1) is 9.74. The van der Waals surface area contributed by atoms with Crippen LogP contribution in [0, 0.1) is 6.92 Å². The van der Waals surface area contributed by atoms with Gasteiger partial charge in [0.15, 0.2) is 5.82 Å². The van der Waals surface area contributed by atoms with Gasteiger partial charge in [0.05, 0.1) is 5.39 Å². The van der Waals surface area contributed by atoms with E-state index >= 15 is 0 Å². The fourth-order valence-electron chi connectivity index (χ4n) is 2.78. The topological polar surface area (TPSA) is 38.7 Å². The summed E-state index contributed by atoms with van der Waals surface area (Å²) < 4.78 is 0. The van der Waals surface area contributed by atoms with Gasteiger partial charge in [-0.25, -0.2) is 9.97 Å². The van der Waals surface area contributed by atoms with Crippen LogP contribution < -0.4 is 0 Å². The van der Waals surface area contributed by atoms with Crippen LogP contribution in [0.2, 0.25) is 5.15 Å². The summed E-state index contributed by atoms with van der Waals surface area (Å²) in [5.41, 5.74) is 3.23. The first kappa shape index (κ1) is 12.2. The molecule has 0 unspecified atom stereocenters. The quantitative estimate of drug-likeness (QED) is 0.632. The van der Waals surface area contributed by atoms with Crippen LogP contribution in [-0.4, -0.2) is 15.0 Å². The second kappa shape index (κ2) is 4.50. The first-order valence-electron chi connectivity index (χ1n) is 6.64. The molecule has 3 nitrogen and oxygen atoms in total. The van der Waals surface area contributed by atoms with Crippen molar-refractivity contribution in [3.05, 3.63) is 39.5 Å². The van der Waals surface area contributed by atoms with Crippen LogP contribution in [0.1, 0.15) is 22.4 Å². The van der Waals surface area contributed by atoms with E-state index in [1.807, 2.05) is 19.1 Å². The Kier molecular flexibility index (Phi) is 2.75. The monoisotopic (exact) mass is 301 g/mol. The molecular weight excluding hydrogens is 290 g/mol. The minimum Gasteiger partial charge on any atom is -0.253 e. The SMILES string of the molecule is Cc1cccnc1-c1nc(Cl)c2c3c(sc2n1)CCC3. The molecule has 0 radical (unpaired) electrons. The standard InChI is InChI=1S/C15H12ClN3S/c1-8-4-3-7-17-12(8)14-18-13(16)11-9-5-2-6-10(9)20-15(11)19-14/h3-4,7H,2,5-6H2,1H3. The molecule has 5 heteroatoms. The lowest BCUT2D eigenvalue weighted by Crippen LogP contribution is -1.95. The van der Waals surface area contributed by atoms with E-state index in [0.29, 0.717) is 11.0 Å². The molecule has 0 spiro atoms. The van der Waals surface area contributed by atoms with Crippen molar-refractivity contribution in [2.75, 3.05) is 0 Å². The van der Waals surface area contributed by atoms with Crippen LogP contribution in [0.4, 0.5) is 0 Å². The van der Waals surface area contributed by atoms with E-state index in [9.17, 15) is 0 Å². The van der Waals surface area contributed by atoms with Gasteiger partial charge in [-0.05, 0) is 43.4 Å². The zero-order valence-electron chi connectivity index (χ0n) is 11.0. The molecule has 3 aromatic rings. The number of aromatic nitrogens is 3. The van der Waals surface area contributed by atoms with Gasteiger partial charge >= 0.3 is 0 Å². The number of halogens is 1. The summed E-state index contributed by atoms with van der Waals surface area (Å²) in [7, 11) is 0. The number of thiophene rings is 1. The Morgan fingerprint density at radius 2 is 2.15 bits per heavy atom. The molecule has 0 bridgehead atoms. The highest BCUT2D eigenvalue weighted by Gasteiger charge is 2.22. The maximum absolute atomic E-state index is 6.42. The Balaban J connectivity index is 1.98. The van der Waals surface area contributed by atoms with Gasteiger partial charge in [0.2, 0.25) is 0 Å². The lowest BCUT2D eigenvalue weighted by molar-refractivity contribution is 0.917. The summed E-state index contributed by atoms with van der Waals surface area (Å²) >= 11 is 8.17. The summed E-state index contributed by atoms with van der Waals surface area (Å²) in [5, 5.41) is 1.62. The van der Waals surface area contributed by atoms with Gasteiger partial charge in [0.25, 0.3) is 0 Å². The van der Waals surface area contributed by atoms with E-state index in [-0.39, 0.29) is 0 Å². The van der Waals surface area contributed by atoms with Crippen LogP contribution in [0.3, 0.4) is 0 Å². The van der Waals surface area contributed by atoms with Crippen LogP contribution in [0.25, 0.3) is 21.7 Å². The first-order valence-corrected chi connectivity index (χ1v) is 7.83. The molecule has 1 aliphatic carbocycles. The summed E-state index contributed by atoms with van der Waals surface area (Å²) in [6.07, 6.45) is 5.22. The second-order valence-corrected chi connectivity index (χ2v) is 6.49. The molecule has 0 aliphatic heterocycles. The largest absolute Gasteiger partial charge is 0.253 e. The molecule has 100 valence electrons. The maximum Gasteiger partial charge on any atom is 0.181 e. The minimum absolute atomic E-state index is 0.564. The second-order valence-electron chi connectivity index (χ2n) is 5.04. The van der Waals surface area contributed by atoms with E-state index < -0.39 is 0 Å². The molecule has 0 N–H and O–H groups in total. The van der Waals surface area contributed by atoms with Crippen molar-refractivity contribution in [3.63, 3.8) is 0 Å². The fourth-order valence-corrected chi connectivity index (χ4v) is 4.38. The number of pyridine rings is 1. The van der Waals surface area contributed by atoms with Crippen molar-refractivity contribution in [2.24, 2.45) is 0 Å². The van der Waals surface area contributed by atoms with Crippen molar-refractivity contribution < 1.29 is 0 Å². The van der Waals surface area contributed by atoms with E-state index in [4.69, 9.17) is 16.6 Å². The number of nitrogens with zero attached hydrogens (tertiary/aromatic N) is 3. The van der Waals surface area contributed by atoms with Gasteiger partial charge in [0, 0.05) is 11.1 Å². The molecule has 0 fully saturated rings. The fraction of sp³-hybridized carbons (Fsp3) is 0.267. The number of fused-ring (bicyclic) bond motifs is 3. The molecule has 0 saturated carbocycles.